The highest BCUT2D eigenvalue weighted by Gasteiger charge is 2.27. The smallest absolute Gasteiger partial charge is 0.123 e. The highest BCUT2D eigenvalue weighted by molar-refractivity contribution is 5.90. The minimum absolute atomic E-state index is 0.124. The van der Waals surface area contributed by atoms with Gasteiger partial charge in [-0.15, -0.1) is 0 Å². The third-order valence-corrected chi connectivity index (χ3v) is 7.03. The Bertz CT molecular complexity index is 1230. The molecule has 2 heteroatoms. The van der Waals surface area contributed by atoms with E-state index in [2.05, 4.69) is 91.9 Å². The first-order valence-electron chi connectivity index (χ1n) is 13.1. The second-order valence-corrected chi connectivity index (χ2v) is 9.39. The number of rotatable bonds is 12. The molecule has 0 aliphatic rings. The molecule has 184 valence electrons. The molecule has 0 amide bonds. The lowest BCUT2D eigenvalue weighted by Gasteiger charge is -2.26. The number of carbonyl (C=O) groups excluding carboxylic acids is 1. The number of fused-ring (bicyclic) bond motifs is 1. The van der Waals surface area contributed by atoms with Crippen molar-refractivity contribution < 1.29 is 9.53 Å². The van der Waals surface area contributed by atoms with Gasteiger partial charge in [0.25, 0.3) is 0 Å². The first kappa shape index (κ1) is 25.4. The summed E-state index contributed by atoms with van der Waals surface area (Å²) in [6.07, 6.45) is 8.90. The summed E-state index contributed by atoms with van der Waals surface area (Å²) in [6.45, 7) is 2.22. The molecule has 1 unspecified atom stereocenters. The Hall–Kier alpha value is -3.65. The maximum absolute atomic E-state index is 12.7. The van der Waals surface area contributed by atoms with Crippen molar-refractivity contribution in [3.63, 3.8) is 0 Å². The molecule has 0 saturated heterocycles. The summed E-state index contributed by atoms with van der Waals surface area (Å²) >= 11 is 0. The van der Waals surface area contributed by atoms with Gasteiger partial charge in [0.15, 0.2) is 0 Å². The second kappa shape index (κ2) is 12.9. The fourth-order valence-corrected chi connectivity index (χ4v) is 5.13. The van der Waals surface area contributed by atoms with Crippen LogP contribution in [-0.4, -0.2) is 13.4 Å². The lowest BCUT2D eigenvalue weighted by molar-refractivity contribution is -0.111. The van der Waals surface area contributed by atoms with Crippen molar-refractivity contribution in [2.75, 3.05) is 7.11 Å². The van der Waals surface area contributed by atoms with Crippen molar-refractivity contribution in [1.29, 1.82) is 0 Å². The largest absolute Gasteiger partial charge is 0.496 e. The van der Waals surface area contributed by atoms with Crippen LogP contribution in [0, 0.1) is 5.92 Å². The first-order chi connectivity index (χ1) is 17.8. The van der Waals surface area contributed by atoms with E-state index in [0.717, 1.165) is 58.0 Å². The van der Waals surface area contributed by atoms with Gasteiger partial charge >= 0.3 is 0 Å². The summed E-state index contributed by atoms with van der Waals surface area (Å²) in [5.74, 6) is 0.556. The van der Waals surface area contributed by atoms with Gasteiger partial charge < -0.3 is 9.53 Å². The Kier molecular flexibility index (Phi) is 9.10. The number of hydrogen-bond donors (Lipinski definition) is 0. The zero-order valence-electron chi connectivity index (χ0n) is 21.4. The lowest BCUT2D eigenvalue weighted by atomic mass is 9.78. The van der Waals surface area contributed by atoms with Crippen LogP contribution < -0.4 is 4.74 Å². The molecular weight excluding hydrogens is 440 g/mol. The van der Waals surface area contributed by atoms with Crippen LogP contribution >= 0.6 is 0 Å². The quantitative estimate of drug-likeness (QED) is 0.151. The van der Waals surface area contributed by atoms with Crippen molar-refractivity contribution in [3.05, 3.63) is 120 Å². The molecule has 0 fully saturated rings. The van der Waals surface area contributed by atoms with Crippen molar-refractivity contribution in [1.82, 2.24) is 0 Å². The molecule has 0 saturated carbocycles. The molecule has 4 aromatic rings. The molecule has 0 heterocycles. The van der Waals surface area contributed by atoms with E-state index in [4.69, 9.17) is 4.74 Å². The zero-order chi connectivity index (χ0) is 25.2. The van der Waals surface area contributed by atoms with Gasteiger partial charge in [-0.1, -0.05) is 130 Å². The summed E-state index contributed by atoms with van der Waals surface area (Å²) < 4.78 is 5.92. The topological polar surface area (TPSA) is 26.3 Å². The second-order valence-electron chi connectivity index (χ2n) is 9.39. The van der Waals surface area contributed by atoms with Gasteiger partial charge in [0, 0.05) is 17.4 Å². The predicted octanol–water partition coefficient (Wildman–Crippen LogP) is 8.85. The van der Waals surface area contributed by atoms with Crippen LogP contribution in [0.3, 0.4) is 0 Å². The van der Waals surface area contributed by atoms with Crippen molar-refractivity contribution >= 4 is 22.6 Å². The van der Waals surface area contributed by atoms with Crippen molar-refractivity contribution in [2.45, 2.75) is 44.9 Å². The molecule has 0 N–H and O–H groups in total. The maximum atomic E-state index is 12.7. The van der Waals surface area contributed by atoms with Crippen LogP contribution in [0.25, 0.3) is 16.3 Å². The molecule has 0 radical (unpaired) electrons. The summed E-state index contributed by atoms with van der Waals surface area (Å²) in [5.41, 5.74) is 4.51. The number of methoxy groups -OCH3 is 1. The van der Waals surface area contributed by atoms with Crippen LogP contribution in [0.15, 0.2) is 103 Å². The highest BCUT2D eigenvalue weighted by atomic mass is 16.5. The van der Waals surface area contributed by atoms with E-state index in [1.807, 2.05) is 18.2 Å². The fraction of sp³-hybridized carbons (Fsp3) is 0.265. The first-order valence-corrected chi connectivity index (χ1v) is 13.1. The lowest BCUT2D eigenvalue weighted by Crippen LogP contribution is -2.15. The summed E-state index contributed by atoms with van der Waals surface area (Å²) in [6, 6.07) is 33.5. The van der Waals surface area contributed by atoms with Gasteiger partial charge in [-0.2, -0.15) is 0 Å². The van der Waals surface area contributed by atoms with E-state index < -0.39 is 0 Å². The number of ether oxygens (including phenoxy) is 1. The Balaban J connectivity index is 1.94. The number of hydrogen-bond acceptors (Lipinski definition) is 2. The zero-order valence-corrected chi connectivity index (χ0v) is 21.4. The summed E-state index contributed by atoms with van der Waals surface area (Å²) in [5, 5.41) is 2.29. The molecular formula is C34H36O2. The molecule has 0 aromatic heterocycles. The van der Waals surface area contributed by atoms with Gasteiger partial charge in [0.05, 0.1) is 7.11 Å². The van der Waals surface area contributed by atoms with Gasteiger partial charge in [-0.3, -0.25) is 0 Å². The number of carbonyl (C=O) groups is 1. The molecule has 4 rings (SSSR count). The molecule has 2 atom stereocenters. The molecule has 0 aliphatic heterocycles. The minimum Gasteiger partial charge on any atom is -0.496 e. The number of benzene rings is 4. The van der Waals surface area contributed by atoms with Crippen LogP contribution in [-0.2, 0) is 4.79 Å². The molecule has 0 aliphatic carbocycles. The van der Waals surface area contributed by atoms with Gasteiger partial charge in [-0.05, 0) is 40.0 Å². The third kappa shape index (κ3) is 5.94. The van der Waals surface area contributed by atoms with E-state index >= 15 is 0 Å². The SMILES string of the molecule is CCCCCC[C@H](C=O)C(C=C(c1ccccc1)c1ccccc1)c1c(OC)ccc2ccccc12. The monoisotopic (exact) mass is 476 g/mol. The van der Waals surface area contributed by atoms with Crippen LogP contribution in [0.5, 0.6) is 5.75 Å². The Morgan fingerprint density at radius 3 is 2.03 bits per heavy atom. The van der Waals surface area contributed by atoms with E-state index in [1.54, 1.807) is 7.11 Å². The Labute approximate surface area is 215 Å². The van der Waals surface area contributed by atoms with E-state index in [9.17, 15) is 4.79 Å². The summed E-state index contributed by atoms with van der Waals surface area (Å²) in [7, 11) is 1.72. The average Bonchev–Trinajstić information content (AvgIpc) is 2.95. The van der Waals surface area contributed by atoms with Gasteiger partial charge in [0.2, 0.25) is 0 Å². The highest BCUT2D eigenvalue weighted by Crippen LogP contribution is 2.42. The average molecular weight is 477 g/mol. The predicted molar refractivity (Wildman–Crippen MR) is 152 cm³/mol. The molecule has 36 heavy (non-hydrogen) atoms. The van der Waals surface area contributed by atoms with Crippen molar-refractivity contribution in [2.24, 2.45) is 5.92 Å². The minimum atomic E-state index is -0.149. The van der Waals surface area contributed by atoms with Crippen LogP contribution in [0.1, 0.15) is 61.6 Å². The molecule has 0 spiro atoms. The standard InChI is InChI=1S/C34H36O2/c1-3-4-5-8-20-29(25-35)32(34-30-21-14-13-19-28(30)22-23-33(34)36-2)24-31(26-15-9-6-10-16-26)27-17-11-7-12-18-27/h6-7,9-19,21-25,29,32H,3-5,8,20H2,1-2H3/t29-,32?/m1/s1. The van der Waals surface area contributed by atoms with Crippen LogP contribution in [0.4, 0.5) is 0 Å². The number of unbranched alkanes of at least 4 members (excludes halogenated alkanes) is 3. The number of aldehydes is 1. The maximum Gasteiger partial charge on any atom is 0.123 e. The Morgan fingerprint density at radius 2 is 1.42 bits per heavy atom. The normalized spacial score (nSPS) is 12.6. The molecule has 0 bridgehead atoms. The third-order valence-electron chi connectivity index (χ3n) is 7.03. The van der Waals surface area contributed by atoms with Gasteiger partial charge in [-0.25, -0.2) is 0 Å². The number of allylic oxidation sites excluding steroid dienone is 1. The van der Waals surface area contributed by atoms with E-state index in [0.29, 0.717) is 0 Å². The Morgan fingerprint density at radius 1 is 0.778 bits per heavy atom. The van der Waals surface area contributed by atoms with E-state index in [-0.39, 0.29) is 11.8 Å². The molecule has 2 nitrogen and oxygen atoms in total. The fourth-order valence-electron chi connectivity index (χ4n) is 5.13. The molecule has 4 aromatic carbocycles. The summed E-state index contributed by atoms with van der Waals surface area (Å²) in [4.78, 5) is 12.7. The van der Waals surface area contributed by atoms with Crippen molar-refractivity contribution in [3.8, 4) is 5.75 Å². The van der Waals surface area contributed by atoms with Gasteiger partial charge in [0.1, 0.15) is 12.0 Å². The van der Waals surface area contributed by atoms with E-state index in [1.165, 1.54) is 19.1 Å². The van der Waals surface area contributed by atoms with Crippen LogP contribution in [0.2, 0.25) is 0 Å².